The molecular formula is C34H30FN3O6S. The van der Waals surface area contributed by atoms with Crippen molar-refractivity contribution in [2.75, 3.05) is 25.7 Å². The molecule has 0 saturated carbocycles. The summed E-state index contributed by atoms with van der Waals surface area (Å²) in [4.78, 5) is 19.5. The number of halogens is 1. The van der Waals surface area contributed by atoms with Crippen LogP contribution in [0.2, 0.25) is 0 Å². The second-order valence-corrected chi connectivity index (χ2v) is 12.4. The number of aromatic nitrogens is 1. The molecule has 5 aromatic rings. The highest BCUT2D eigenvalue weighted by Gasteiger charge is 2.45. The fourth-order valence-corrected chi connectivity index (χ4v) is 6.95. The third-order valence-corrected chi connectivity index (χ3v) is 9.53. The van der Waals surface area contributed by atoms with E-state index in [0.717, 1.165) is 15.4 Å². The van der Waals surface area contributed by atoms with Gasteiger partial charge in [-0.1, -0.05) is 48.0 Å². The Labute approximate surface area is 260 Å². The average molecular weight is 628 g/mol. The first-order valence-corrected chi connectivity index (χ1v) is 15.6. The second kappa shape index (κ2) is 12.1. The largest absolute Gasteiger partial charge is 0.493 e. The van der Waals surface area contributed by atoms with Crippen molar-refractivity contribution in [1.29, 1.82) is 0 Å². The fourth-order valence-electron chi connectivity index (χ4n) is 5.41. The van der Waals surface area contributed by atoms with E-state index in [1.807, 2.05) is 37.3 Å². The lowest BCUT2D eigenvalue weighted by atomic mass is 10.1. The summed E-state index contributed by atoms with van der Waals surface area (Å²) in [6.07, 6.45) is 1.83. The monoisotopic (exact) mass is 627 g/mol. The number of amides is 2. The van der Waals surface area contributed by atoms with Gasteiger partial charge in [0.05, 0.1) is 30.7 Å². The molecule has 4 aromatic carbocycles. The summed E-state index contributed by atoms with van der Waals surface area (Å²) >= 11 is 0. The van der Waals surface area contributed by atoms with Gasteiger partial charge >= 0.3 is 6.03 Å². The number of anilines is 1. The van der Waals surface area contributed by atoms with Crippen LogP contribution < -0.4 is 19.1 Å². The molecule has 1 aliphatic heterocycles. The zero-order valence-electron chi connectivity index (χ0n) is 24.8. The smallest absolute Gasteiger partial charge is 0.338 e. The van der Waals surface area contributed by atoms with Crippen molar-refractivity contribution < 1.29 is 31.8 Å². The van der Waals surface area contributed by atoms with Crippen LogP contribution in [0.5, 0.6) is 23.0 Å². The van der Waals surface area contributed by atoms with Gasteiger partial charge in [0, 0.05) is 35.9 Å². The molecule has 0 N–H and O–H groups in total. The Balaban J connectivity index is 1.32. The molecule has 11 heteroatoms. The molecule has 1 aromatic heterocycles. The predicted octanol–water partition coefficient (Wildman–Crippen LogP) is 6.73. The number of sulfonamides is 1. The van der Waals surface area contributed by atoms with Gasteiger partial charge in [0.2, 0.25) is 0 Å². The summed E-state index contributed by atoms with van der Waals surface area (Å²) < 4.78 is 60.9. The maximum absolute atomic E-state index is 15.6. The van der Waals surface area contributed by atoms with Crippen molar-refractivity contribution >= 4 is 32.6 Å². The van der Waals surface area contributed by atoms with E-state index >= 15 is 4.39 Å². The molecule has 6 rings (SSSR count). The molecule has 1 unspecified atom stereocenters. The minimum atomic E-state index is -4.21. The van der Waals surface area contributed by atoms with Crippen LogP contribution >= 0.6 is 0 Å². The second-order valence-electron chi connectivity index (χ2n) is 10.6. The number of aryl methyl sites for hydroxylation is 1. The van der Waals surface area contributed by atoms with Crippen molar-refractivity contribution in [1.82, 2.24) is 9.29 Å². The molecule has 0 spiro atoms. The number of benzene rings is 4. The van der Waals surface area contributed by atoms with E-state index in [0.29, 0.717) is 34.6 Å². The van der Waals surface area contributed by atoms with Gasteiger partial charge in [-0.2, -0.15) is 0 Å². The third kappa shape index (κ3) is 5.74. The summed E-state index contributed by atoms with van der Waals surface area (Å²) in [6.45, 7) is 1.89. The molecule has 0 radical (unpaired) electrons. The molecule has 2 amide bonds. The average Bonchev–Trinajstić information content (AvgIpc) is 3.37. The van der Waals surface area contributed by atoms with Crippen LogP contribution in [0.15, 0.2) is 102 Å². The lowest BCUT2D eigenvalue weighted by molar-refractivity contribution is 0.234. The van der Waals surface area contributed by atoms with E-state index in [-0.39, 0.29) is 22.9 Å². The standard InChI is InChI=1S/C34H30FN3O6S/c1-22-9-12-26(13-10-22)45(40,41)38-25(17-23-7-5-4-6-8-23)21-37(34(38)39)24-11-14-31(28(35)18-24)44-30-15-16-36-29-20-33(43-3)32(42-2)19-27(29)30/h4-16,18-20,25H,17,21H2,1-3H3. The van der Waals surface area contributed by atoms with Crippen LogP contribution in [0.25, 0.3) is 10.9 Å². The van der Waals surface area contributed by atoms with Crippen LogP contribution in [-0.4, -0.2) is 50.5 Å². The normalized spacial score (nSPS) is 15.0. The number of urea groups is 1. The number of rotatable bonds is 9. The quantitative estimate of drug-likeness (QED) is 0.179. The fraction of sp³-hybridized carbons (Fsp3) is 0.176. The predicted molar refractivity (Wildman–Crippen MR) is 168 cm³/mol. The Kier molecular flexibility index (Phi) is 8.03. The van der Waals surface area contributed by atoms with Crippen molar-refractivity contribution in [3.63, 3.8) is 0 Å². The van der Waals surface area contributed by atoms with E-state index in [4.69, 9.17) is 14.2 Å². The molecule has 230 valence electrons. The molecule has 0 bridgehead atoms. The number of hydrogen-bond acceptors (Lipinski definition) is 7. The lowest BCUT2D eigenvalue weighted by Gasteiger charge is -2.23. The first-order valence-electron chi connectivity index (χ1n) is 14.1. The summed E-state index contributed by atoms with van der Waals surface area (Å²) in [7, 11) is -1.18. The van der Waals surface area contributed by atoms with Crippen molar-refractivity contribution in [3.05, 3.63) is 114 Å². The zero-order chi connectivity index (χ0) is 31.7. The lowest BCUT2D eigenvalue weighted by Crippen LogP contribution is -2.41. The highest BCUT2D eigenvalue weighted by molar-refractivity contribution is 7.89. The molecule has 1 aliphatic rings. The number of pyridine rings is 1. The maximum Gasteiger partial charge on any atom is 0.338 e. The van der Waals surface area contributed by atoms with Crippen LogP contribution in [0.1, 0.15) is 11.1 Å². The Morgan fingerprint density at radius 1 is 0.867 bits per heavy atom. The first-order chi connectivity index (χ1) is 21.7. The number of carbonyl (C=O) groups is 1. The van der Waals surface area contributed by atoms with Crippen LogP contribution in [0, 0.1) is 12.7 Å². The van der Waals surface area contributed by atoms with E-state index < -0.39 is 27.9 Å². The van der Waals surface area contributed by atoms with Crippen LogP contribution in [-0.2, 0) is 16.4 Å². The van der Waals surface area contributed by atoms with Gasteiger partial charge in [0.25, 0.3) is 10.0 Å². The maximum atomic E-state index is 15.6. The highest BCUT2D eigenvalue weighted by Crippen LogP contribution is 2.38. The summed E-state index contributed by atoms with van der Waals surface area (Å²) in [6, 6.07) is 23.3. The number of fused-ring (bicyclic) bond motifs is 1. The van der Waals surface area contributed by atoms with Gasteiger partial charge < -0.3 is 14.2 Å². The number of nitrogens with zero attached hydrogens (tertiary/aromatic N) is 3. The minimum absolute atomic E-state index is 0.00937. The van der Waals surface area contributed by atoms with E-state index in [1.54, 1.807) is 30.3 Å². The number of ether oxygens (including phenoxy) is 3. The molecule has 1 fully saturated rings. The van der Waals surface area contributed by atoms with Gasteiger partial charge in [-0.05, 0) is 55.3 Å². The minimum Gasteiger partial charge on any atom is -0.493 e. The third-order valence-electron chi connectivity index (χ3n) is 7.69. The van der Waals surface area contributed by atoms with Crippen molar-refractivity contribution in [2.45, 2.75) is 24.3 Å². The Hall–Kier alpha value is -5.16. The summed E-state index contributed by atoms with van der Waals surface area (Å²) in [5.74, 6) is 0.469. The van der Waals surface area contributed by atoms with E-state index in [9.17, 15) is 13.2 Å². The molecule has 9 nitrogen and oxygen atoms in total. The summed E-state index contributed by atoms with van der Waals surface area (Å²) in [5.41, 5.74) is 2.52. The van der Waals surface area contributed by atoms with Gasteiger partial charge in [-0.15, -0.1) is 0 Å². The highest BCUT2D eigenvalue weighted by atomic mass is 32.2. The van der Waals surface area contributed by atoms with Crippen LogP contribution in [0.4, 0.5) is 14.9 Å². The molecule has 0 aliphatic carbocycles. The number of hydrogen-bond donors (Lipinski definition) is 0. The van der Waals surface area contributed by atoms with Gasteiger partial charge in [0.1, 0.15) is 5.75 Å². The number of methoxy groups -OCH3 is 2. The Morgan fingerprint density at radius 2 is 1.58 bits per heavy atom. The zero-order valence-corrected chi connectivity index (χ0v) is 25.6. The molecule has 2 heterocycles. The Bertz CT molecular complexity index is 1990. The van der Waals surface area contributed by atoms with Crippen molar-refractivity contribution in [2.24, 2.45) is 0 Å². The van der Waals surface area contributed by atoms with Gasteiger partial charge in [0.15, 0.2) is 23.1 Å². The molecule has 1 atom stereocenters. The van der Waals surface area contributed by atoms with Crippen LogP contribution in [0.3, 0.4) is 0 Å². The SMILES string of the molecule is COc1cc2nccc(Oc3ccc(N4CC(Cc5ccccc5)N(S(=O)(=O)c5ccc(C)cc5)C4=O)cc3F)c2cc1OC. The van der Waals surface area contributed by atoms with E-state index in [2.05, 4.69) is 4.98 Å². The van der Waals surface area contributed by atoms with E-state index in [1.165, 1.54) is 55.6 Å². The molecule has 45 heavy (non-hydrogen) atoms. The van der Waals surface area contributed by atoms with Gasteiger partial charge in [-0.3, -0.25) is 9.88 Å². The molecule has 1 saturated heterocycles. The number of carbonyl (C=O) groups excluding carboxylic acids is 1. The first kappa shape index (κ1) is 29.9. The summed E-state index contributed by atoms with van der Waals surface area (Å²) in [5, 5.41) is 0.578. The molecular weight excluding hydrogens is 597 g/mol. The van der Waals surface area contributed by atoms with Gasteiger partial charge in [-0.25, -0.2) is 21.9 Å². The van der Waals surface area contributed by atoms with Crippen molar-refractivity contribution in [3.8, 4) is 23.0 Å². The Morgan fingerprint density at radius 3 is 2.27 bits per heavy atom. The topological polar surface area (TPSA) is 98.3 Å².